The number of hydrogen-bond donors (Lipinski definition) is 0. The van der Waals surface area contributed by atoms with Gasteiger partial charge >= 0.3 is 0 Å². The first-order chi connectivity index (χ1) is 10.2. The number of aromatic nitrogens is 3. The van der Waals surface area contributed by atoms with Gasteiger partial charge < -0.3 is 9.05 Å². The van der Waals surface area contributed by atoms with E-state index >= 15 is 0 Å². The van der Waals surface area contributed by atoms with Gasteiger partial charge in [-0.3, -0.25) is 0 Å². The number of rotatable bonds is 3. The third-order valence-corrected chi connectivity index (χ3v) is 4.15. The summed E-state index contributed by atoms with van der Waals surface area (Å²) in [6, 6.07) is 2.09. The number of nitrogens with zero attached hydrogens (tertiary/aromatic N) is 4. The predicted molar refractivity (Wildman–Crippen MR) is 73.4 cm³/mol. The molecule has 0 saturated heterocycles. The van der Waals surface area contributed by atoms with E-state index in [1.807, 2.05) is 0 Å². The largest absolute Gasteiger partial charge is 0.360 e. The highest BCUT2D eigenvalue weighted by Gasteiger charge is 2.25. The van der Waals surface area contributed by atoms with Crippen LogP contribution in [0.2, 0.25) is 0 Å². The molecule has 21 heavy (non-hydrogen) atoms. The van der Waals surface area contributed by atoms with Crippen molar-refractivity contribution in [3.8, 4) is 6.07 Å². The average Bonchev–Trinajstić information content (AvgIpc) is 3.07. The van der Waals surface area contributed by atoms with E-state index in [-0.39, 0.29) is 0 Å². The van der Waals surface area contributed by atoms with Crippen molar-refractivity contribution in [2.75, 3.05) is 0 Å². The van der Waals surface area contributed by atoms with Gasteiger partial charge in [0.15, 0.2) is 11.6 Å². The topological polar surface area (TPSA) is 88.7 Å². The van der Waals surface area contributed by atoms with Crippen LogP contribution in [-0.4, -0.2) is 15.3 Å². The van der Waals surface area contributed by atoms with Gasteiger partial charge in [0.2, 0.25) is 5.89 Å². The Hall–Kier alpha value is -2.16. The lowest BCUT2D eigenvalue weighted by Gasteiger charge is -2.23. The van der Waals surface area contributed by atoms with Crippen LogP contribution < -0.4 is 0 Å². The maximum atomic E-state index is 9.09. The summed E-state index contributed by atoms with van der Waals surface area (Å²) in [7, 11) is 0. The first kappa shape index (κ1) is 13.8. The summed E-state index contributed by atoms with van der Waals surface area (Å²) < 4.78 is 10.3. The van der Waals surface area contributed by atoms with E-state index in [1.165, 1.54) is 12.8 Å². The zero-order valence-electron chi connectivity index (χ0n) is 12.3. The molecule has 0 aliphatic heterocycles. The van der Waals surface area contributed by atoms with Crippen LogP contribution in [0.1, 0.15) is 67.3 Å². The van der Waals surface area contributed by atoms with Crippen LogP contribution in [0.15, 0.2) is 9.05 Å². The normalized spacial score (nSPS) is 22.1. The minimum atomic E-state index is 0.343. The molecule has 0 spiro atoms. The SMILES string of the molecule is Cc1onc(Cc2nc(C3CCCC(C)C3)no2)c1C#N. The Kier molecular flexibility index (Phi) is 3.74. The minimum Gasteiger partial charge on any atom is -0.360 e. The highest BCUT2D eigenvalue weighted by molar-refractivity contribution is 5.36. The van der Waals surface area contributed by atoms with Crippen LogP contribution in [0.3, 0.4) is 0 Å². The Balaban J connectivity index is 1.74. The van der Waals surface area contributed by atoms with Crippen LogP contribution in [0.5, 0.6) is 0 Å². The van der Waals surface area contributed by atoms with Crippen molar-refractivity contribution >= 4 is 0 Å². The molecule has 2 heterocycles. The molecule has 1 aliphatic carbocycles. The van der Waals surface area contributed by atoms with Crippen LogP contribution in [0.4, 0.5) is 0 Å². The second kappa shape index (κ2) is 5.68. The molecule has 1 saturated carbocycles. The van der Waals surface area contributed by atoms with Crippen LogP contribution >= 0.6 is 0 Å². The lowest BCUT2D eigenvalue weighted by Crippen LogP contribution is -2.12. The van der Waals surface area contributed by atoms with Gasteiger partial charge in [0, 0.05) is 5.92 Å². The zero-order valence-corrected chi connectivity index (χ0v) is 12.3. The van der Waals surface area contributed by atoms with E-state index in [4.69, 9.17) is 14.3 Å². The summed E-state index contributed by atoms with van der Waals surface area (Å²) >= 11 is 0. The van der Waals surface area contributed by atoms with Gasteiger partial charge in [-0.05, 0) is 25.7 Å². The third kappa shape index (κ3) is 2.82. The molecule has 0 aromatic carbocycles. The van der Waals surface area contributed by atoms with Crippen molar-refractivity contribution in [2.24, 2.45) is 5.92 Å². The summed E-state index contributed by atoms with van der Waals surface area (Å²) in [5.41, 5.74) is 1.02. The van der Waals surface area contributed by atoms with E-state index in [9.17, 15) is 0 Å². The van der Waals surface area contributed by atoms with Gasteiger partial charge in [-0.25, -0.2) is 0 Å². The van der Waals surface area contributed by atoms with Gasteiger partial charge in [-0.2, -0.15) is 10.2 Å². The second-order valence-electron chi connectivity index (χ2n) is 5.86. The van der Waals surface area contributed by atoms with E-state index in [0.29, 0.717) is 41.2 Å². The Morgan fingerprint density at radius 1 is 1.29 bits per heavy atom. The van der Waals surface area contributed by atoms with Crippen LogP contribution in [0.25, 0.3) is 0 Å². The zero-order chi connectivity index (χ0) is 14.8. The van der Waals surface area contributed by atoms with Gasteiger partial charge in [-0.15, -0.1) is 0 Å². The number of nitriles is 1. The first-order valence-electron chi connectivity index (χ1n) is 7.35. The fourth-order valence-electron chi connectivity index (χ4n) is 3.00. The van der Waals surface area contributed by atoms with Gasteiger partial charge in [0.25, 0.3) is 0 Å². The fraction of sp³-hybridized carbons (Fsp3) is 0.600. The molecule has 0 amide bonds. The van der Waals surface area contributed by atoms with Gasteiger partial charge in [0.1, 0.15) is 17.3 Å². The molecule has 1 aliphatic rings. The molecule has 2 atom stereocenters. The summed E-state index contributed by atoms with van der Waals surface area (Å²) in [4.78, 5) is 4.48. The molecule has 3 rings (SSSR count). The van der Waals surface area contributed by atoms with E-state index in [2.05, 4.69) is 28.3 Å². The van der Waals surface area contributed by atoms with Crippen molar-refractivity contribution in [3.05, 3.63) is 28.7 Å². The molecule has 2 unspecified atom stereocenters. The standard InChI is InChI=1S/C15H18N4O2/c1-9-4-3-5-11(6-9)15-17-14(21-19-15)7-13-12(8-16)10(2)20-18-13/h9,11H,3-7H2,1-2H3. The van der Waals surface area contributed by atoms with Crippen LogP contribution in [0, 0.1) is 24.2 Å². The highest BCUT2D eigenvalue weighted by Crippen LogP contribution is 2.34. The maximum Gasteiger partial charge on any atom is 0.232 e. The smallest absolute Gasteiger partial charge is 0.232 e. The lowest BCUT2D eigenvalue weighted by atomic mass is 9.82. The molecule has 6 nitrogen and oxygen atoms in total. The summed E-state index contributed by atoms with van der Waals surface area (Å²) in [5.74, 6) is 2.91. The van der Waals surface area contributed by atoms with Crippen molar-refractivity contribution in [1.82, 2.24) is 15.3 Å². The molecule has 6 heteroatoms. The molecule has 1 fully saturated rings. The van der Waals surface area contributed by atoms with Crippen LogP contribution in [-0.2, 0) is 6.42 Å². The third-order valence-electron chi connectivity index (χ3n) is 4.15. The van der Waals surface area contributed by atoms with E-state index in [1.54, 1.807) is 6.92 Å². The monoisotopic (exact) mass is 286 g/mol. The molecule has 0 radical (unpaired) electrons. The molecule has 110 valence electrons. The van der Waals surface area contributed by atoms with Crippen molar-refractivity contribution < 1.29 is 9.05 Å². The molecular weight excluding hydrogens is 268 g/mol. The second-order valence-corrected chi connectivity index (χ2v) is 5.86. The Morgan fingerprint density at radius 3 is 2.90 bits per heavy atom. The maximum absolute atomic E-state index is 9.09. The minimum absolute atomic E-state index is 0.343. The molecule has 2 aromatic rings. The summed E-state index contributed by atoms with van der Waals surface area (Å²) in [6.45, 7) is 3.99. The van der Waals surface area contributed by atoms with Crippen molar-refractivity contribution in [3.63, 3.8) is 0 Å². The van der Waals surface area contributed by atoms with Crippen molar-refractivity contribution in [1.29, 1.82) is 5.26 Å². The average molecular weight is 286 g/mol. The van der Waals surface area contributed by atoms with E-state index in [0.717, 1.165) is 18.7 Å². The number of hydrogen-bond acceptors (Lipinski definition) is 6. The summed E-state index contributed by atoms with van der Waals surface area (Å²) in [6.07, 6.45) is 5.08. The van der Waals surface area contributed by atoms with E-state index < -0.39 is 0 Å². The van der Waals surface area contributed by atoms with Gasteiger partial charge in [-0.1, -0.05) is 30.1 Å². The molecule has 0 bridgehead atoms. The lowest BCUT2D eigenvalue weighted by molar-refractivity contribution is 0.320. The molecular formula is C15H18N4O2. The summed E-state index contributed by atoms with van der Waals surface area (Å²) in [5, 5.41) is 17.1. The number of aryl methyl sites for hydroxylation is 1. The quantitative estimate of drug-likeness (QED) is 0.861. The highest BCUT2D eigenvalue weighted by atomic mass is 16.5. The molecule has 0 N–H and O–H groups in total. The Bertz CT molecular complexity index is 668. The predicted octanol–water partition coefficient (Wildman–Crippen LogP) is 3.12. The molecule has 2 aromatic heterocycles. The van der Waals surface area contributed by atoms with Crippen molar-refractivity contribution in [2.45, 2.75) is 51.9 Å². The Morgan fingerprint density at radius 2 is 2.14 bits per heavy atom. The van der Waals surface area contributed by atoms with Gasteiger partial charge in [0.05, 0.1) is 6.42 Å². The first-order valence-corrected chi connectivity index (χ1v) is 7.35. The Labute approximate surface area is 123 Å². The fourth-order valence-corrected chi connectivity index (χ4v) is 3.00.